The topological polar surface area (TPSA) is 64.1 Å². The Bertz CT molecular complexity index is 832. The lowest BCUT2D eigenvalue weighted by molar-refractivity contribution is -0.154. The molecule has 0 aliphatic heterocycles. The van der Waals surface area contributed by atoms with Crippen LogP contribution in [-0.2, 0) is 9.53 Å². The largest absolute Gasteiger partial charge is 0.466 e. The van der Waals surface area contributed by atoms with Gasteiger partial charge in [-0.2, -0.15) is 0 Å². The maximum Gasteiger partial charge on any atom is 0.311 e. The number of fused-ring (bicyclic) bond motifs is 3. The van der Waals surface area contributed by atoms with Crippen LogP contribution < -0.4 is 5.32 Å². The van der Waals surface area contributed by atoms with Crippen molar-refractivity contribution in [2.24, 2.45) is 17.8 Å². The molecule has 0 amide bonds. The van der Waals surface area contributed by atoms with Gasteiger partial charge in [0.1, 0.15) is 5.82 Å². The van der Waals surface area contributed by atoms with E-state index in [1.807, 2.05) is 19.1 Å². The number of esters is 1. The van der Waals surface area contributed by atoms with Crippen LogP contribution in [-0.4, -0.2) is 28.6 Å². The third-order valence-corrected chi connectivity index (χ3v) is 6.98. The minimum absolute atomic E-state index is 0.0421. The predicted molar refractivity (Wildman–Crippen MR) is 108 cm³/mol. The molecule has 0 spiro atoms. The Morgan fingerprint density at radius 1 is 1.26 bits per heavy atom. The van der Waals surface area contributed by atoms with E-state index < -0.39 is 0 Å². The van der Waals surface area contributed by atoms with Crippen molar-refractivity contribution in [3.63, 3.8) is 0 Å². The first-order valence-corrected chi connectivity index (χ1v) is 10.8. The molecule has 0 radical (unpaired) electrons. The van der Waals surface area contributed by atoms with Crippen molar-refractivity contribution in [2.45, 2.75) is 45.6 Å². The average molecular weight is 406 g/mol. The van der Waals surface area contributed by atoms with E-state index in [0.717, 1.165) is 36.3 Å². The third-order valence-electron chi connectivity index (χ3n) is 5.78. The second-order valence-electron chi connectivity index (χ2n) is 7.44. The number of carbonyl (C=O) groups excluding carboxylic acids is 1. The highest BCUT2D eigenvalue weighted by Crippen LogP contribution is 2.46. The third kappa shape index (κ3) is 3.83. The van der Waals surface area contributed by atoms with Gasteiger partial charge in [0, 0.05) is 17.0 Å². The van der Waals surface area contributed by atoms with E-state index in [-0.39, 0.29) is 23.2 Å². The molecule has 3 aliphatic rings. The fraction of sp³-hybridized carbons (Fsp3) is 0.550. The zero-order valence-corrected chi connectivity index (χ0v) is 17.1. The van der Waals surface area contributed by atoms with Crippen molar-refractivity contribution >= 4 is 34.7 Å². The zero-order valence-electron chi connectivity index (χ0n) is 15.6. The minimum Gasteiger partial charge on any atom is -0.466 e. The molecule has 0 saturated heterocycles. The van der Waals surface area contributed by atoms with Crippen molar-refractivity contribution in [1.29, 1.82) is 0 Å². The number of carbonyl (C=O) groups is 1. The minimum atomic E-state index is -0.112. The number of anilines is 1. The lowest BCUT2D eigenvalue weighted by atomic mass is 9.61. The summed E-state index contributed by atoms with van der Waals surface area (Å²) in [7, 11) is 0. The molecule has 5 nitrogen and oxygen atoms in total. The van der Waals surface area contributed by atoms with Crippen molar-refractivity contribution in [2.75, 3.05) is 11.9 Å². The van der Waals surface area contributed by atoms with Crippen LogP contribution in [0.25, 0.3) is 10.6 Å². The van der Waals surface area contributed by atoms with Crippen LogP contribution in [0.15, 0.2) is 18.2 Å². The monoisotopic (exact) mass is 405 g/mol. The van der Waals surface area contributed by atoms with Crippen molar-refractivity contribution < 1.29 is 9.53 Å². The quantitative estimate of drug-likeness (QED) is 0.563. The van der Waals surface area contributed by atoms with Crippen LogP contribution in [0, 0.1) is 24.7 Å². The molecule has 144 valence electrons. The Morgan fingerprint density at radius 2 is 2.00 bits per heavy atom. The van der Waals surface area contributed by atoms with Gasteiger partial charge in [0.25, 0.3) is 0 Å². The van der Waals surface area contributed by atoms with E-state index in [1.54, 1.807) is 11.3 Å². The summed E-state index contributed by atoms with van der Waals surface area (Å²) in [6, 6.07) is 6.09. The van der Waals surface area contributed by atoms with Crippen LogP contribution in [0.1, 0.15) is 37.5 Å². The second kappa shape index (κ2) is 7.76. The van der Waals surface area contributed by atoms with E-state index in [0.29, 0.717) is 24.3 Å². The van der Waals surface area contributed by atoms with E-state index in [2.05, 4.69) is 28.3 Å². The summed E-state index contributed by atoms with van der Waals surface area (Å²) in [4.78, 5) is 23.7. The summed E-state index contributed by atoms with van der Waals surface area (Å²) in [5.41, 5.74) is 0.809. The number of hydrogen-bond acceptors (Lipinski definition) is 6. The van der Waals surface area contributed by atoms with Crippen LogP contribution >= 0.6 is 22.9 Å². The second-order valence-corrected chi connectivity index (χ2v) is 9.07. The average Bonchev–Trinajstić information content (AvgIpc) is 3.09. The smallest absolute Gasteiger partial charge is 0.311 e. The van der Waals surface area contributed by atoms with E-state index >= 15 is 0 Å². The van der Waals surface area contributed by atoms with Gasteiger partial charge in [-0.1, -0.05) is 0 Å². The summed E-state index contributed by atoms with van der Waals surface area (Å²) in [6.07, 6.45) is 4.51. The van der Waals surface area contributed by atoms with Crippen LogP contribution in [0.2, 0.25) is 5.28 Å². The molecule has 2 heterocycles. The first kappa shape index (κ1) is 18.7. The fourth-order valence-electron chi connectivity index (χ4n) is 4.60. The molecule has 7 heteroatoms. The van der Waals surface area contributed by atoms with Gasteiger partial charge in [0.05, 0.1) is 23.1 Å². The van der Waals surface area contributed by atoms with Gasteiger partial charge in [-0.25, -0.2) is 9.97 Å². The van der Waals surface area contributed by atoms with Crippen molar-refractivity contribution in [1.82, 2.24) is 9.97 Å². The molecule has 1 N–H and O–H groups in total. The Hall–Kier alpha value is -1.66. The summed E-state index contributed by atoms with van der Waals surface area (Å²) in [5.74, 6) is 1.34. The highest BCUT2D eigenvalue weighted by Gasteiger charge is 2.48. The molecule has 0 aromatic carbocycles. The number of nitrogens with one attached hydrogen (secondary N) is 1. The van der Waals surface area contributed by atoms with E-state index in [1.165, 1.54) is 4.88 Å². The molecule has 3 saturated carbocycles. The number of aryl methyl sites for hydroxylation is 1. The molecule has 1 unspecified atom stereocenters. The Kier molecular flexibility index (Phi) is 5.37. The first-order valence-electron chi connectivity index (χ1n) is 9.59. The van der Waals surface area contributed by atoms with Gasteiger partial charge in [0.15, 0.2) is 0 Å². The van der Waals surface area contributed by atoms with Gasteiger partial charge in [-0.05, 0) is 75.1 Å². The Morgan fingerprint density at radius 3 is 2.67 bits per heavy atom. The summed E-state index contributed by atoms with van der Waals surface area (Å²) in [5, 5.41) is 3.75. The maximum absolute atomic E-state index is 12.6. The van der Waals surface area contributed by atoms with Crippen LogP contribution in [0.3, 0.4) is 0 Å². The van der Waals surface area contributed by atoms with E-state index in [9.17, 15) is 4.79 Å². The maximum atomic E-state index is 12.6. The van der Waals surface area contributed by atoms with E-state index in [4.69, 9.17) is 16.3 Å². The molecule has 2 atom stereocenters. The number of hydrogen-bond donors (Lipinski definition) is 1. The van der Waals surface area contributed by atoms with Gasteiger partial charge in [0.2, 0.25) is 5.28 Å². The molecular formula is C20H24ClN3O2S. The number of aromatic nitrogens is 2. The molecule has 3 fully saturated rings. The SMILES string of the molecule is CCOC(=O)[C@@H]1C2CCC(CC2)C1Nc1cc(-c2ccc(C)s2)nc(Cl)n1. The van der Waals surface area contributed by atoms with Gasteiger partial charge < -0.3 is 10.1 Å². The molecule has 2 bridgehead atoms. The highest BCUT2D eigenvalue weighted by molar-refractivity contribution is 7.15. The number of thiophene rings is 1. The van der Waals surface area contributed by atoms with Crippen LogP contribution in [0.5, 0.6) is 0 Å². The predicted octanol–water partition coefficient (Wildman–Crippen LogP) is 4.95. The van der Waals surface area contributed by atoms with Gasteiger partial charge >= 0.3 is 5.97 Å². The Balaban J connectivity index is 1.62. The molecule has 5 rings (SSSR count). The number of ether oxygens (including phenoxy) is 1. The normalized spacial score (nSPS) is 26.8. The highest BCUT2D eigenvalue weighted by atomic mass is 35.5. The molecule has 2 aromatic heterocycles. The number of nitrogens with zero attached hydrogens (tertiary/aromatic N) is 2. The fourth-order valence-corrected chi connectivity index (χ4v) is 5.61. The van der Waals surface area contributed by atoms with Crippen molar-refractivity contribution in [3.05, 3.63) is 28.4 Å². The molecule has 3 aliphatic carbocycles. The molecule has 27 heavy (non-hydrogen) atoms. The standard InChI is InChI=1S/C20H24ClN3O2S/c1-3-26-19(25)17-12-5-7-13(8-6-12)18(17)23-16-10-14(22-20(21)24-16)15-9-4-11(2)27-15/h4,9-10,12-13,17-18H,3,5-8H2,1-2H3,(H,22,23,24)/t12?,13?,17-,18?/m1/s1. The lowest BCUT2D eigenvalue weighted by Crippen LogP contribution is -2.52. The van der Waals surface area contributed by atoms with Gasteiger partial charge in [-0.15, -0.1) is 11.3 Å². The number of halogens is 1. The summed E-state index contributed by atoms with van der Waals surface area (Å²) >= 11 is 7.88. The molecular weight excluding hydrogens is 382 g/mol. The van der Waals surface area contributed by atoms with Gasteiger partial charge in [-0.3, -0.25) is 4.79 Å². The molecule has 2 aromatic rings. The Labute approximate surface area is 168 Å². The summed E-state index contributed by atoms with van der Waals surface area (Å²) in [6.45, 7) is 4.35. The van der Waals surface area contributed by atoms with Crippen molar-refractivity contribution in [3.8, 4) is 10.6 Å². The first-order chi connectivity index (χ1) is 13.0. The number of rotatable bonds is 5. The summed E-state index contributed by atoms with van der Waals surface area (Å²) < 4.78 is 5.39. The lowest BCUT2D eigenvalue weighted by Gasteiger charge is -2.47. The van der Waals surface area contributed by atoms with Crippen LogP contribution in [0.4, 0.5) is 5.82 Å². The zero-order chi connectivity index (χ0) is 19.0.